The van der Waals surface area contributed by atoms with E-state index < -0.39 is 0 Å². The van der Waals surface area contributed by atoms with Crippen LogP contribution in [0.1, 0.15) is 5.56 Å². The summed E-state index contributed by atoms with van der Waals surface area (Å²) in [6, 6.07) is 8.50. The Morgan fingerprint density at radius 3 is 2.63 bits per heavy atom. The van der Waals surface area contributed by atoms with E-state index in [1.165, 1.54) is 0 Å². The van der Waals surface area contributed by atoms with Gasteiger partial charge in [-0.2, -0.15) is 4.98 Å². The first-order chi connectivity index (χ1) is 9.24. The van der Waals surface area contributed by atoms with Gasteiger partial charge >= 0.3 is 0 Å². The lowest BCUT2D eigenvalue weighted by Gasteiger charge is -1.97. The zero-order valence-corrected chi connectivity index (χ0v) is 10.2. The van der Waals surface area contributed by atoms with Crippen molar-refractivity contribution in [2.24, 2.45) is 0 Å². The Labute approximate surface area is 109 Å². The second kappa shape index (κ2) is 4.53. The van der Waals surface area contributed by atoms with E-state index in [4.69, 9.17) is 4.52 Å². The summed E-state index contributed by atoms with van der Waals surface area (Å²) in [7, 11) is 0. The van der Waals surface area contributed by atoms with Crippen LogP contribution in [0.15, 0.2) is 47.2 Å². The van der Waals surface area contributed by atoms with E-state index in [-0.39, 0.29) is 5.75 Å². The number of hydrogen-bond donors (Lipinski definition) is 1. The lowest BCUT2D eigenvalue weighted by Crippen LogP contribution is -1.86. The molecule has 5 nitrogen and oxygen atoms in total. The molecule has 1 N–H and O–H groups in total. The number of hydrogen-bond acceptors (Lipinski definition) is 5. The van der Waals surface area contributed by atoms with E-state index in [2.05, 4.69) is 15.1 Å². The molecule has 19 heavy (non-hydrogen) atoms. The molecule has 3 aromatic rings. The Balaban J connectivity index is 2.00. The zero-order valence-electron chi connectivity index (χ0n) is 10.2. The van der Waals surface area contributed by atoms with Crippen molar-refractivity contribution in [3.05, 3.63) is 48.3 Å². The first kappa shape index (κ1) is 11.4. The van der Waals surface area contributed by atoms with Crippen LogP contribution in [0.3, 0.4) is 0 Å². The van der Waals surface area contributed by atoms with Gasteiger partial charge in [0.25, 0.3) is 5.89 Å². The fourth-order valence-corrected chi connectivity index (χ4v) is 1.75. The number of aromatic nitrogens is 3. The predicted molar refractivity (Wildman–Crippen MR) is 69.4 cm³/mol. The Kier molecular flexibility index (Phi) is 2.72. The molecule has 0 amide bonds. The molecule has 94 valence electrons. The minimum absolute atomic E-state index is 0.201. The van der Waals surface area contributed by atoms with Gasteiger partial charge in [0.2, 0.25) is 5.82 Å². The van der Waals surface area contributed by atoms with Crippen molar-refractivity contribution in [1.29, 1.82) is 0 Å². The van der Waals surface area contributed by atoms with Gasteiger partial charge in [-0.05, 0) is 42.8 Å². The maximum absolute atomic E-state index is 9.25. The molecule has 0 radical (unpaired) electrons. The highest BCUT2D eigenvalue weighted by molar-refractivity contribution is 5.61. The SMILES string of the molecule is Cc1ccncc1-c1noc(-c2ccc(O)cc2)n1. The molecule has 5 heteroatoms. The van der Waals surface area contributed by atoms with Crippen molar-refractivity contribution in [1.82, 2.24) is 15.1 Å². The van der Waals surface area contributed by atoms with Gasteiger partial charge in [0.15, 0.2) is 0 Å². The molecule has 2 aromatic heterocycles. The largest absolute Gasteiger partial charge is 0.508 e. The standard InChI is InChI=1S/C14H11N3O2/c1-9-6-7-15-8-12(9)13-16-14(19-17-13)10-2-4-11(18)5-3-10/h2-8,18H,1H3. The summed E-state index contributed by atoms with van der Waals surface area (Å²) in [6.07, 6.45) is 3.43. The number of rotatable bonds is 2. The Bertz CT molecular complexity index is 705. The molecule has 0 spiro atoms. The number of nitrogens with zero attached hydrogens (tertiary/aromatic N) is 3. The average Bonchev–Trinajstić information content (AvgIpc) is 2.89. The third-order valence-electron chi connectivity index (χ3n) is 2.82. The van der Waals surface area contributed by atoms with Crippen molar-refractivity contribution in [3.63, 3.8) is 0 Å². The van der Waals surface area contributed by atoms with Gasteiger partial charge in [-0.15, -0.1) is 0 Å². The highest BCUT2D eigenvalue weighted by Crippen LogP contribution is 2.24. The molecule has 0 fully saturated rings. The second-order valence-corrected chi connectivity index (χ2v) is 4.16. The summed E-state index contributed by atoms with van der Waals surface area (Å²) >= 11 is 0. The Morgan fingerprint density at radius 1 is 1.11 bits per heavy atom. The number of benzene rings is 1. The van der Waals surface area contributed by atoms with Gasteiger partial charge in [-0.25, -0.2) is 0 Å². The van der Waals surface area contributed by atoms with Crippen LogP contribution in [0.4, 0.5) is 0 Å². The van der Waals surface area contributed by atoms with Gasteiger partial charge in [-0.1, -0.05) is 5.16 Å². The normalized spacial score (nSPS) is 10.6. The first-order valence-corrected chi connectivity index (χ1v) is 5.78. The highest BCUT2D eigenvalue weighted by atomic mass is 16.5. The van der Waals surface area contributed by atoms with Crippen molar-refractivity contribution in [3.8, 4) is 28.6 Å². The summed E-state index contributed by atoms with van der Waals surface area (Å²) in [5.74, 6) is 1.12. The fourth-order valence-electron chi connectivity index (χ4n) is 1.75. The second-order valence-electron chi connectivity index (χ2n) is 4.16. The van der Waals surface area contributed by atoms with Crippen molar-refractivity contribution < 1.29 is 9.63 Å². The minimum atomic E-state index is 0.201. The molecule has 0 aliphatic carbocycles. The lowest BCUT2D eigenvalue weighted by atomic mass is 10.1. The topological polar surface area (TPSA) is 72.0 Å². The van der Waals surface area contributed by atoms with Crippen LogP contribution in [0, 0.1) is 6.92 Å². The Morgan fingerprint density at radius 2 is 1.89 bits per heavy atom. The summed E-state index contributed by atoms with van der Waals surface area (Å²) in [4.78, 5) is 8.40. The predicted octanol–water partition coefficient (Wildman–Crippen LogP) is 2.81. The third kappa shape index (κ3) is 2.18. The molecular formula is C14H11N3O2. The van der Waals surface area contributed by atoms with Crippen LogP contribution >= 0.6 is 0 Å². The number of pyridine rings is 1. The summed E-state index contributed by atoms with van der Waals surface area (Å²) in [5.41, 5.74) is 2.64. The van der Waals surface area contributed by atoms with Crippen molar-refractivity contribution in [2.45, 2.75) is 6.92 Å². The van der Waals surface area contributed by atoms with E-state index in [0.717, 1.165) is 16.7 Å². The van der Waals surface area contributed by atoms with Crippen LogP contribution in [-0.4, -0.2) is 20.2 Å². The molecule has 3 rings (SSSR count). The molecule has 0 atom stereocenters. The number of phenols is 1. The Hall–Kier alpha value is -2.69. The zero-order chi connectivity index (χ0) is 13.2. The molecule has 1 aromatic carbocycles. The van der Waals surface area contributed by atoms with Gasteiger partial charge < -0.3 is 9.63 Å². The summed E-state index contributed by atoms with van der Waals surface area (Å²) in [6.45, 7) is 1.97. The molecule has 0 saturated heterocycles. The molecule has 0 unspecified atom stereocenters. The fraction of sp³-hybridized carbons (Fsp3) is 0.0714. The van der Waals surface area contributed by atoms with Gasteiger partial charge in [0, 0.05) is 23.5 Å². The van der Waals surface area contributed by atoms with Crippen LogP contribution in [-0.2, 0) is 0 Å². The smallest absolute Gasteiger partial charge is 0.258 e. The first-order valence-electron chi connectivity index (χ1n) is 5.78. The van der Waals surface area contributed by atoms with Crippen molar-refractivity contribution in [2.75, 3.05) is 0 Å². The molecule has 2 heterocycles. The van der Waals surface area contributed by atoms with Gasteiger partial charge in [0.05, 0.1) is 0 Å². The lowest BCUT2D eigenvalue weighted by molar-refractivity contribution is 0.432. The van der Waals surface area contributed by atoms with E-state index in [9.17, 15) is 5.11 Å². The monoisotopic (exact) mass is 253 g/mol. The summed E-state index contributed by atoms with van der Waals surface area (Å²) < 4.78 is 5.23. The van der Waals surface area contributed by atoms with E-state index in [1.807, 2.05) is 13.0 Å². The molecular weight excluding hydrogens is 242 g/mol. The molecule has 0 bridgehead atoms. The average molecular weight is 253 g/mol. The number of phenolic OH excluding ortho intramolecular Hbond substituents is 1. The van der Waals surface area contributed by atoms with Crippen LogP contribution in [0.5, 0.6) is 5.75 Å². The van der Waals surface area contributed by atoms with E-state index >= 15 is 0 Å². The molecule has 0 aliphatic rings. The third-order valence-corrected chi connectivity index (χ3v) is 2.82. The minimum Gasteiger partial charge on any atom is -0.508 e. The van der Waals surface area contributed by atoms with Crippen LogP contribution in [0.25, 0.3) is 22.8 Å². The van der Waals surface area contributed by atoms with E-state index in [1.54, 1.807) is 36.7 Å². The number of aromatic hydroxyl groups is 1. The highest BCUT2D eigenvalue weighted by Gasteiger charge is 2.12. The molecule has 0 saturated carbocycles. The van der Waals surface area contributed by atoms with Crippen molar-refractivity contribution >= 4 is 0 Å². The number of aryl methyl sites for hydroxylation is 1. The van der Waals surface area contributed by atoms with Crippen LogP contribution in [0.2, 0.25) is 0 Å². The maximum atomic E-state index is 9.25. The maximum Gasteiger partial charge on any atom is 0.258 e. The van der Waals surface area contributed by atoms with Crippen LogP contribution < -0.4 is 0 Å². The van der Waals surface area contributed by atoms with E-state index in [0.29, 0.717) is 11.7 Å². The summed E-state index contributed by atoms with van der Waals surface area (Å²) in [5, 5.41) is 13.2. The van der Waals surface area contributed by atoms with Gasteiger partial charge in [0.1, 0.15) is 5.75 Å². The molecule has 0 aliphatic heterocycles. The quantitative estimate of drug-likeness (QED) is 0.760. The van der Waals surface area contributed by atoms with Gasteiger partial charge in [-0.3, -0.25) is 4.98 Å².